The molecule has 1 aromatic heterocycles. The lowest BCUT2D eigenvalue weighted by Gasteiger charge is -2.04. The first-order chi connectivity index (χ1) is 9.01. The molecule has 0 spiro atoms. The highest BCUT2D eigenvalue weighted by atomic mass is 35.5. The zero-order valence-electron chi connectivity index (χ0n) is 10.5. The van der Waals surface area contributed by atoms with E-state index in [1.54, 1.807) is 6.07 Å². The molecule has 1 amide bonds. The van der Waals surface area contributed by atoms with Crippen molar-refractivity contribution in [1.29, 1.82) is 0 Å². The Morgan fingerprint density at radius 3 is 2.84 bits per heavy atom. The van der Waals surface area contributed by atoms with Crippen LogP contribution in [0, 0.1) is 6.92 Å². The molecule has 0 radical (unpaired) electrons. The van der Waals surface area contributed by atoms with E-state index in [0.29, 0.717) is 10.2 Å². The molecule has 0 fully saturated rings. The van der Waals surface area contributed by atoms with Crippen molar-refractivity contribution in [2.45, 2.75) is 20.3 Å². The molecule has 6 heteroatoms. The molecule has 0 saturated heterocycles. The molecule has 0 aliphatic rings. The van der Waals surface area contributed by atoms with Gasteiger partial charge in [-0.25, -0.2) is 4.98 Å². The van der Waals surface area contributed by atoms with Gasteiger partial charge in [0.1, 0.15) is 5.75 Å². The van der Waals surface area contributed by atoms with Crippen LogP contribution in [0.3, 0.4) is 0 Å². The fourth-order valence-electron chi connectivity index (χ4n) is 1.67. The maximum atomic E-state index is 12.0. The maximum Gasteiger partial charge on any atom is 0.261 e. The predicted octanol–water partition coefficient (Wildman–Crippen LogP) is 3.63. The number of benzene rings is 1. The second-order valence-corrected chi connectivity index (χ2v) is 5.63. The van der Waals surface area contributed by atoms with Crippen LogP contribution in [-0.4, -0.2) is 16.0 Å². The monoisotopic (exact) mass is 296 g/mol. The second-order valence-electron chi connectivity index (χ2n) is 3.99. The van der Waals surface area contributed by atoms with E-state index in [2.05, 4.69) is 10.3 Å². The zero-order chi connectivity index (χ0) is 14.0. The van der Waals surface area contributed by atoms with Crippen molar-refractivity contribution in [2.24, 2.45) is 0 Å². The molecule has 19 heavy (non-hydrogen) atoms. The van der Waals surface area contributed by atoms with Gasteiger partial charge in [0, 0.05) is 9.90 Å². The standard InChI is InChI=1S/C13H13ClN2O2S/c1-3-10-7(2)19-13(15-10)16-12(18)9-5-4-8(14)6-11(9)17/h4-6,17H,3H2,1-2H3,(H,15,16,18). The number of phenols is 1. The zero-order valence-corrected chi connectivity index (χ0v) is 12.1. The first-order valence-corrected chi connectivity index (χ1v) is 6.97. The largest absolute Gasteiger partial charge is 0.507 e. The van der Waals surface area contributed by atoms with Crippen molar-refractivity contribution in [3.8, 4) is 5.75 Å². The SMILES string of the molecule is CCc1nc(NC(=O)c2ccc(Cl)cc2O)sc1C. The highest BCUT2D eigenvalue weighted by Crippen LogP contribution is 2.25. The molecule has 2 aromatic rings. The van der Waals surface area contributed by atoms with Crippen LogP contribution in [0.2, 0.25) is 5.02 Å². The van der Waals surface area contributed by atoms with Crippen LogP contribution in [0.4, 0.5) is 5.13 Å². The van der Waals surface area contributed by atoms with Crippen molar-refractivity contribution in [3.05, 3.63) is 39.4 Å². The van der Waals surface area contributed by atoms with Gasteiger partial charge >= 0.3 is 0 Å². The van der Waals surface area contributed by atoms with Gasteiger partial charge in [0.25, 0.3) is 5.91 Å². The number of phenolic OH excluding ortho intramolecular Hbond substituents is 1. The van der Waals surface area contributed by atoms with Gasteiger partial charge < -0.3 is 5.11 Å². The summed E-state index contributed by atoms with van der Waals surface area (Å²) in [5.74, 6) is -0.542. The number of halogens is 1. The summed E-state index contributed by atoms with van der Waals surface area (Å²) in [6.45, 7) is 3.98. The van der Waals surface area contributed by atoms with E-state index in [1.807, 2.05) is 13.8 Å². The fraction of sp³-hybridized carbons (Fsp3) is 0.231. The minimum atomic E-state index is -0.398. The fourth-order valence-corrected chi connectivity index (χ4v) is 2.73. The van der Waals surface area contributed by atoms with Crippen LogP contribution in [0.25, 0.3) is 0 Å². The number of nitrogens with one attached hydrogen (secondary N) is 1. The highest BCUT2D eigenvalue weighted by molar-refractivity contribution is 7.15. The van der Waals surface area contributed by atoms with Gasteiger partial charge in [-0.2, -0.15) is 0 Å². The molecule has 2 rings (SSSR count). The summed E-state index contributed by atoms with van der Waals surface area (Å²) in [5.41, 5.74) is 1.15. The molecule has 0 aliphatic heterocycles. The van der Waals surface area contributed by atoms with Crippen molar-refractivity contribution in [1.82, 2.24) is 4.98 Å². The summed E-state index contributed by atoms with van der Waals surface area (Å²) in [7, 11) is 0. The minimum Gasteiger partial charge on any atom is -0.507 e. The number of nitrogens with zero attached hydrogens (tertiary/aromatic N) is 1. The molecular weight excluding hydrogens is 284 g/mol. The number of amides is 1. The first kappa shape index (κ1) is 13.8. The molecular formula is C13H13ClN2O2S. The Labute approximate surface area is 120 Å². The van der Waals surface area contributed by atoms with Crippen molar-refractivity contribution in [3.63, 3.8) is 0 Å². The third-order valence-corrected chi connectivity index (χ3v) is 3.82. The first-order valence-electron chi connectivity index (χ1n) is 5.77. The van der Waals surface area contributed by atoms with Crippen molar-refractivity contribution < 1.29 is 9.90 Å². The van der Waals surface area contributed by atoms with Gasteiger partial charge in [0.2, 0.25) is 0 Å². The summed E-state index contributed by atoms with van der Waals surface area (Å²) in [5, 5.41) is 13.3. The molecule has 1 heterocycles. The lowest BCUT2D eigenvalue weighted by molar-refractivity contribution is 0.102. The minimum absolute atomic E-state index is 0.144. The summed E-state index contributed by atoms with van der Waals surface area (Å²) >= 11 is 7.14. The second kappa shape index (κ2) is 5.59. The molecule has 0 saturated carbocycles. The quantitative estimate of drug-likeness (QED) is 0.909. The Morgan fingerprint density at radius 2 is 2.26 bits per heavy atom. The number of hydrogen-bond acceptors (Lipinski definition) is 4. The van der Waals surface area contributed by atoms with Gasteiger partial charge in [-0.3, -0.25) is 10.1 Å². The van der Waals surface area contributed by atoms with Gasteiger partial charge in [-0.15, -0.1) is 11.3 Å². The summed E-state index contributed by atoms with van der Waals surface area (Å²) in [6.07, 6.45) is 0.824. The number of anilines is 1. The number of carbonyl (C=O) groups excluding carboxylic acids is 1. The van der Waals surface area contributed by atoms with Crippen molar-refractivity contribution in [2.75, 3.05) is 5.32 Å². The van der Waals surface area contributed by atoms with Gasteiger partial charge in [-0.05, 0) is 31.5 Å². The Bertz CT molecular complexity index is 625. The number of aromatic hydroxyl groups is 1. The Balaban J connectivity index is 2.20. The number of rotatable bonds is 3. The lowest BCUT2D eigenvalue weighted by atomic mass is 10.2. The van der Waals surface area contributed by atoms with Crippen LogP contribution in [-0.2, 0) is 6.42 Å². The number of thiazole rings is 1. The third kappa shape index (κ3) is 3.05. The molecule has 4 nitrogen and oxygen atoms in total. The summed E-state index contributed by atoms with van der Waals surface area (Å²) in [6, 6.07) is 4.37. The smallest absolute Gasteiger partial charge is 0.261 e. The van der Waals surface area contributed by atoms with Gasteiger partial charge in [-0.1, -0.05) is 18.5 Å². The van der Waals surface area contributed by atoms with E-state index >= 15 is 0 Å². The Hall–Kier alpha value is -1.59. The van der Waals surface area contributed by atoms with Crippen LogP contribution in [0.5, 0.6) is 5.75 Å². The molecule has 0 bridgehead atoms. The van der Waals surface area contributed by atoms with E-state index < -0.39 is 5.91 Å². The maximum absolute atomic E-state index is 12.0. The Morgan fingerprint density at radius 1 is 1.53 bits per heavy atom. The van der Waals surface area contributed by atoms with Crippen LogP contribution < -0.4 is 5.32 Å². The van der Waals surface area contributed by atoms with Crippen LogP contribution in [0.1, 0.15) is 27.9 Å². The van der Waals surface area contributed by atoms with E-state index in [4.69, 9.17) is 11.6 Å². The molecule has 0 unspecified atom stereocenters. The predicted molar refractivity (Wildman–Crippen MR) is 77.3 cm³/mol. The number of carbonyl (C=O) groups is 1. The summed E-state index contributed by atoms with van der Waals surface area (Å²) in [4.78, 5) is 17.4. The average Bonchev–Trinajstić information content (AvgIpc) is 2.69. The average molecular weight is 297 g/mol. The van der Waals surface area contributed by atoms with Gasteiger partial charge in [0.15, 0.2) is 5.13 Å². The van der Waals surface area contributed by atoms with E-state index in [0.717, 1.165) is 17.0 Å². The lowest BCUT2D eigenvalue weighted by Crippen LogP contribution is -2.11. The Kier molecular flexibility index (Phi) is 4.07. The van der Waals surface area contributed by atoms with E-state index in [-0.39, 0.29) is 11.3 Å². The normalized spacial score (nSPS) is 10.5. The molecule has 100 valence electrons. The van der Waals surface area contributed by atoms with Crippen LogP contribution in [0.15, 0.2) is 18.2 Å². The van der Waals surface area contributed by atoms with E-state index in [9.17, 15) is 9.90 Å². The number of hydrogen-bond donors (Lipinski definition) is 2. The number of aromatic nitrogens is 1. The van der Waals surface area contributed by atoms with Gasteiger partial charge in [0.05, 0.1) is 11.3 Å². The van der Waals surface area contributed by atoms with Crippen LogP contribution >= 0.6 is 22.9 Å². The third-order valence-electron chi connectivity index (χ3n) is 2.65. The summed E-state index contributed by atoms with van der Waals surface area (Å²) < 4.78 is 0. The van der Waals surface area contributed by atoms with E-state index in [1.165, 1.54) is 23.5 Å². The number of aryl methyl sites for hydroxylation is 2. The molecule has 0 atom stereocenters. The van der Waals surface area contributed by atoms with Crippen molar-refractivity contribution >= 4 is 34.0 Å². The molecule has 2 N–H and O–H groups in total. The topological polar surface area (TPSA) is 62.2 Å². The highest BCUT2D eigenvalue weighted by Gasteiger charge is 2.14. The molecule has 0 aliphatic carbocycles. The molecule has 1 aromatic carbocycles.